The molecule has 3 heteroatoms. The van der Waals surface area contributed by atoms with Crippen LogP contribution in [0.15, 0.2) is 18.2 Å². The van der Waals surface area contributed by atoms with Gasteiger partial charge in [0, 0.05) is 18.4 Å². The van der Waals surface area contributed by atoms with Crippen LogP contribution in [0.4, 0.5) is 0 Å². The minimum Gasteiger partial charge on any atom is -0.496 e. The molecule has 0 aromatic heterocycles. The molecule has 0 saturated heterocycles. The Bertz CT molecular complexity index is 482. The van der Waals surface area contributed by atoms with Crippen LogP contribution < -0.4 is 4.74 Å². The first-order chi connectivity index (χ1) is 12.2. The third-order valence-corrected chi connectivity index (χ3v) is 4.77. The van der Waals surface area contributed by atoms with Crippen molar-refractivity contribution in [3.8, 4) is 5.75 Å². The van der Waals surface area contributed by atoms with Crippen molar-refractivity contribution in [3.63, 3.8) is 0 Å². The molecule has 0 saturated carbocycles. The van der Waals surface area contributed by atoms with Crippen LogP contribution in [-0.2, 0) is 17.8 Å². The highest BCUT2D eigenvalue weighted by molar-refractivity contribution is 5.78. The fraction of sp³-hybridized carbons (Fsp3) is 0.682. The Morgan fingerprint density at radius 3 is 2.20 bits per heavy atom. The number of benzene rings is 1. The lowest BCUT2D eigenvalue weighted by molar-refractivity contribution is -0.119. The minimum atomic E-state index is -0.0268. The number of Topliss-reactive ketones (excluding diaryl/α,β-unsaturated/α-hetero) is 1. The SMILES string of the molecule is CCCCCCCCCCCC(=O)CCc1ccc(CO)c(OC)c1. The van der Waals surface area contributed by atoms with Crippen molar-refractivity contribution in [2.45, 2.75) is 90.6 Å². The average molecular weight is 349 g/mol. The Balaban J connectivity index is 2.11. The summed E-state index contributed by atoms with van der Waals surface area (Å²) < 4.78 is 5.27. The number of unbranched alkanes of at least 4 members (excludes halogenated alkanes) is 8. The molecule has 25 heavy (non-hydrogen) atoms. The number of aliphatic hydroxyl groups is 1. The second kappa shape index (κ2) is 13.9. The molecule has 0 atom stereocenters. The van der Waals surface area contributed by atoms with Crippen LogP contribution in [0, 0.1) is 0 Å². The van der Waals surface area contributed by atoms with E-state index in [0.29, 0.717) is 24.4 Å². The smallest absolute Gasteiger partial charge is 0.133 e. The van der Waals surface area contributed by atoms with Crippen molar-refractivity contribution in [1.29, 1.82) is 0 Å². The zero-order valence-corrected chi connectivity index (χ0v) is 16.2. The van der Waals surface area contributed by atoms with Crippen LogP contribution in [-0.4, -0.2) is 18.0 Å². The fourth-order valence-corrected chi connectivity index (χ4v) is 3.12. The normalized spacial score (nSPS) is 10.8. The van der Waals surface area contributed by atoms with Gasteiger partial charge in [-0.05, 0) is 24.5 Å². The first kappa shape index (κ1) is 21.7. The van der Waals surface area contributed by atoms with E-state index < -0.39 is 0 Å². The van der Waals surface area contributed by atoms with E-state index in [4.69, 9.17) is 4.74 Å². The Morgan fingerprint density at radius 1 is 0.960 bits per heavy atom. The third kappa shape index (κ3) is 9.64. The fourth-order valence-electron chi connectivity index (χ4n) is 3.12. The summed E-state index contributed by atoms with van der Waals surface area (Å²) in [6.45, 7) is 2.22. The van der Waals surface area contributed by atoms with Gasteiger partial charge in [0.1, 0.15) is 11.5 Å². The maximum Gasteiger partial charge on any atom is 0.133 e. The summed E-state index contributed by atoms with van der Waals surface area (Å²) in [5, 5.41) is 9.24. The average Bonchev–Trinajstić information content (AvgIpc) is 2.64. The largest absolute Gasteiger partial charge is 0.496 e. The molecule has 0 radical (unpaired) electrons. The second-order valence-corrected chi connectivity index (χ2v) is 6.92. The van der Waals surface area contributed by atoms with Crippen molar-refractivity contribution < 1.29 is 14.6 Å². The van der Waals surface area contributed by atoms with Gasteiger partial charge in [0.15, 0.2) is 0 Å². The van der Waals surface area contributed by atoms with E-state index in [1.807, 2.05) is 18.2 Å². The van der Waals surface area contributed by atoms with Crippen molar-refractivity contribution in [3.05, 3.63) is 29.3 Å². The summed E-state index contributed by atoms with van der Waals surface area (Å²) >= 11 is 0. The Kier molecular flexibility index (Phi) is 12.0. The monoisotopic (exact) mass is 348 g/mol. The quantitative estimate of drug-likeness (QED) is 0.419. The molecule has 1 aromatic rings. The molecule has 1 aromatic carbocycles. The van der Waals surface area contributed by atoms with E-state index in [-0.39, 0.29) is 6.61 Å². The maximum atomic E-state index is 12.0. The molecule has 0 bridgehead atoms. The molecule has 0 spiro atoms. The van der Waals surface area contributed by atoms with E-state index in [1.165, 1.54) is 51.4 Å². The molecule has 0 unspecified atom stereocenters. The second-order valence-electron chi connectivity index (χ2n) is 6.92. The number of hydrogen-bond acceptors (Lipinski definition) is 3. The number of ether oxygens (including phenoxy) is 1. The van der Waals surface area contributed by atoms with Gasteiger partial charge in [0.05, 0.1) is 13.7 Å². The van der Waals surface area contributed by atoms with Crippen molar-refractivity contribution in [1.82, 2.24) is 0 Å². The number of aryl methyl sites for hydroxylation is 1. The number of aliphatic hydroxyl groups excluding tert-OH is 1. The molecular weight excluding hydrogens is 312 g/mol. The van der Waals surface area contributed by atoms with E-state index in [9.17, 15) is 9.90 Å². The summed E-state index contributed by atoms with van der Waals surface area (Å²) in [4.78, 5) is 12.0. The van der Waals surface area contributed by atoms with Crippen LogP contribution >= 0.6 is 0 Å². The van der Waals surface area contributed by atoms with Crippen molar-refractivity contribution in [2.24, 2.45) is 0 Å². The number of methoxy groups -OCH3 is 1. The molecule has 0 fully saturated rings. The molecule has 0 aliphatic heterocycles. The first-order valence-corrected chi connectivity index (χ1v) is 9.99. The van der Waals surface area contributed by atoms with E-state index in [2.05, 4.69) is 6.92 Å². The van der Waals surface area contributed by atoms with Gasteiger partial charge >= 0.3 is 0 Å². The lowest BCUT2D eigenvalue weighted by atomic mass is 10.0. The standard InChI is InChI=1S/C22H36O3/c1-3-4-5-6-7-8-9-10-11-12-21(24)16-14-19-13-15-20(18-23)22(17-19)25-2/h13,15,17,23H,3-12,14,16,18H2,1-2H3. The van der Waals surface area contributed by atoms with Crippen LogP contribution in [0.25, 0.3) is 0 Å². The highest BCUT2D eigenvalue weighted by Gasteiger charge is 2.06. The molecule has 0 aliphatic rings. The summed E-state index contributed by atoms with van der Waals surface area (Å²) in [5.74, 6) is 1.06. The van der Waals surface area contributed by atoms with Gasteiger partial charge in [-0.15, -0.1) is 0 Å². The number of hydrogen-bond donors (Lipinski definition) is 1. The number of carbonyl (C=O) groups excluding carboxylic acids is 1. The third-order valence-electron chi connectivity index (χ3n) is 4.77. The Hall–Kier alpha value is -1.35. The maximum absolute atomic E-state index is 12.0. The first-order valence-electron chi connectivity index (χ1n) is 9.99. The number of rotatable bonds is 15. The van der Waals surface area contributed by atoms with Gasteiger partial charge in [-0.25, -0.2) is 0 Å². The van der Waals surface area contributed by atoms with Gasteiger partial charge in [-0.2, -0.15) is 0 Å². The molecule has 0 aliphatic carbocycles. The lowest BCUT2D eigenvalue weighted by Crippen LogP contribution is -2.01. The number of ketones is 1. The van der Waals surface area contributed by atoms with Crippen molar-refractivity contribution in [2.75, 3.05) is 7.11 Å². The van der Waals surface area contributed by atoms with Crippen molar-refractivity contribution >= 4 is 5.78 Å². The van der Waals surface area contributed by atoms with Crippen LogP contribution in [0.1, 0.15) is 88.7 Å². The molecule has 142 valence electrons. The summed E-state index contributed by atoms with van der Waals surface area (Å²) in [5.41, 5.74) is 1.88. The van der Waals surface area contributed by atoms with Gasteiger partial charge in [-0.1, -0.05) is 70.4 Å². The topological polar surface area (TPSA) is 46.5 Å². The zero-order valence-electron chi connectivity index (χ0n) is 16.2. The molecule has 1 rings (SSSR count). The summed E-state index contributed by atoms with van der Waals surface area (Å²) in [6, 6.07) is 5.77. The van der Waals surface area contributed by atoms with Gasteiger partial charge in [-0.3, -0.25) is 4.79 Å². The molecule has 0 amide bonds. The predicted molar refractivity (Wildman–Crippen MR) is 104 cm³/mol. The summed E-state index contributed by atoms with van der Waals surface area (Å²) in [6.07, 6.45) is 13.6. The predicted octanol–water partition coefficient (Wildman–Crippen LogP) is 5.61. The molecule has 3 nitrogen and oxygen atoms in total. The van der Waals surface area contributed by atoms with Gasteiger partial charge < -0.3 is 9.84 Å². The highest BCUT2D eigenvalue weighted by atomic mass is 16.5. The van der Waals surface area contributed by atoms with E-state index in [1.54, 1.807) is 7.11 Å². The molecule has 1 N–H and O–H groups in total. The lowest BCUT2D eigenvalue weighted by Gasteiger charge is -2.09. The Labute approximate surface area is 153 Å². The minimum absolute atomic E-state index is 0.0268. The molecular formula is C22H36O3. The van der Waals surface area contributed by atoms with Crippen LogP contribution in [0.2, 0.25) is 0 Å². The van der Waals surface area contributed by atoms with Gasteiger partial charge in [0.2, 0.25) is 0 Å². The van der Waals surface area contributed by atoms with Crippen LogP contribution in [0.5, 0.6) is 5.75 Å². The Morgan fingerprint density at radius 2 is 1.60 bits per heavy atom. The van der Waals surface area contributed by atoms with Crippen LogP contribution in [0.3, 0.4) is 0 Å². The summed E-state index contributed by atoms with van der Waals surface area (Å²) in [7, 11) is 1.60. The number of carbonyl (C=O) groups is 1. The zero-order chi connectivity index (χ0) is 18.3. The molecule has 0 heterocycles. The highest BCUT2D eigenvalue weighted by Crippen LogP contribution is 2.21. The van der Waals surface area contributed by atoms with E-state index >= 15 is 0 Å². The van der Waals surface area contributed by atoms with Gasteiger partial charge in [0.25, 0.3) is 0 Å². The van der Waals surface area contributed by atoms with E-state index in [0.717, 1.165) is 24.0 Å².